The largest absolute Gasteiger partial charge is 0.342 e. The van der Waals surface area contributed by atoms with Crippen molar-refractivity contribution in [1.29, 1.82) is 0 Å². The molecule has 0 amide bonds. The summed E-state index contributed by atoms with van der Waals surface area (Å²) in [5.41, 5.74) is 14.2. The Morgan fingerprint density at radius 3 is 2.39 bits per heavy atom. The average Bonchev–Trinajstić information content (AvgIpc) is 3.20. The third-order valence-electron chi connectivity index (χ3n) is 5.86. The molecule has 0 radical (unpaired) electrons. The topological polar surface area (TPSA) is 68.9 Å². The van der Waals surface area contributed by atoms with Crippen molar-refractivity contribution < 1.29 is 0 Å². The first-order valence-corrected chi connectivity index (χ1v) is 11.6. The minimum atomic E-state index is -0.379. The Kier molecular flexibility index (Phi) is 7.59. The lowest BCUT2D eigenvalue weighted by atomic mass is 10.0. The number of nitrogens with one attached hydrogen (secondary N) is 2. The lowest BCUT2D eigenvalue weighted by molar-refractivity contribution is 0.129. The van der Waals surface area contributed by atoms with Crippen LogP contribution in [0, 0.1) is 0 Å². The molecule has 6 nitrogen and oxygen atoms in total. The first-order valence-electron chi connectivity index (χ1n) is 10.5. The van der Waals surface area contributed by atoms with Crippen molar-refractivity contribution in [3.05, 3.63) is 68.7 Å². The highest BCUT2D eigenvalue weighted by molar-refractivity contribution is 6.35. The van der Waals surface area contributed by atoms with E-state index >= 15 is 0 Å². The van der Waals surface area contributed by atoms with Gasteiger partial charge in [0.15, 0.2) is 6.29 Å². The Balaban J connectivity index is 1.44. The van der Waals surface area contributed by atoms with E-state index in [1.54, 1.807) is 0 Å². The third-order valence-corrected chi connectivity index (χ3v) is 6.70. The molecule has 9 heteroatoms. The molecule has 2 aromatic carbocycles. The molecule has 2 aliphatic heterocycles. The zero-order valence-electron chi connectivity index (χ0n) is 17.2. The van der Waals surface area contributed by atoms with E-state index in [9.17, 15) is 0 Å². The van der Waals surface area contributed by atoms with Crippen LogP contribution in [-0.4, -0.2) is 47.7 Å². The van der Waals surface area contributed by atoms with Crippen LogP contribution in [-0.2, 0) is 13.0 Å². The first kappa shape index (κ1) is 22.6. The number of rotatable bonds is 6. The van der Waals surface area contributed by atoms with Gasteiger partial charge in [0, 0.05) is 47.3 Å². The van der Waals surface area contributed by atoms with Crippen molar-refractivity contribution >= 4 is 40.8 Å². The highest BCUT2D eigenvalue weighted by Crippen LogP contribution is 2.26. The van der Waals surface area contributed by atoms with E-state index in [1.165, 1.54) is 5.56 Å². The van der Waals surface area contributed by atoms with E-state index in [0.29, 0.717) is 16.1 Å². The van der Waals surface area contributed by atoms with Gasteiger partial charge >= 0.3 is 0 Å². The molecule has 1 unspecified atom stereocenters. The number of guanidine groups is 1. The van der Waals surface area contributed by atoms with E-state index in [1.807, 2.05) is 30.3 Å². The second kappa shape index (κ2) is 10.4. The van der Waals surface area contributed by atoms with Crippen LogP contribution in [0.2, 0.25) is 15.1 Å². The number of hydrazine groups is 1. The quantitative estimate of drug-likeness (QED) is 0.584. The van der Waals surface area contributed by atoms with Gasteiger partial charge in [0.1, 0.15) is 0 Å². The van der Waals surface area contributed by atoms with Gasteiger partial charge in [-0.3, -0.25) is 16.1 Å². The minimum Gasteiger partial charge on any atom is -0.342 e. The number of nitrogens with zero attached hydrogens (tertiary/aromatic N) is 3. The molecule has 0 spiro atoms. The molecule has 2 aromatic rings. The summed E-state index contributed by atoms with van der Waals surface area (Å²) in [6, 6.07) is 14.3. The fourth-order valence-corrected chi connectivity index (χ4v) is 4.72. The molecule has 0 bridgehead atoms. The summed E-state index contributed by atoms with van der Waals surface area (Å²) in [5, 5.41) is 2.14. The molecular weight excluding hydrogens is 455 g/mol. The molecule has 0 aliphatic carbocycles. The molecule has 1 atom stereocenters. The third kappa shape index (κ3) is 6.04. The SMILES string of the molecule is NC1N=C(N2CCC(N(CCc3ccc(Cl)cc3)Cc3ccc(Cl)cc3Cl)CC2)NN1. The minimum absolute atomic E-state index is 0.379. The average molecular weight is 482 g/mol. The van der Waals surface area contributed by atoms with Crippen LogP contribution in [0.1, 0.15) is 24.0 Å². The fourth-order valence-electron chi connectivity index (χ4n) is 4.12. The number of halogens is 3. The second-order valence-electron chi connectivity index (χ2n) is 7.97. The van der Waals surface area contributed by atoms with Gasteiger partial charge in [-0.25, -0.2) is 4.99 Å². The Morgan fingerprint density at radius 2 is 1.74 bits per heavy atom. The van der Waals surface area contributed by atoms with Crippen LogP contribution in [0.25, 0.3) is 0 Å². The van der Waals surface area contributed by atoms with E-state index in [0.717, 1.165) is 62.0 Å². The van der Waals surface area contributed by atoms with E-state index < -0.39 is 0 Å². The molecule has 1 fully saturated rings. The number of nitrogens with two attached hydrogens (primary N) is 1. The molecule has 0 saturated carbocycles. The number of hydrogen-bond donors (Lipinski definition) is 3. The predicted molar refractivity (Wildman–Crippen MR) is 128 cm³/mol. The van der Waals surface area contributed by atoms with Gasteiger partial charge in [-0.2, -0.15) is 5.43 Å². The molecule has 4 N–H and O–H groups in total. The molecule has 2 heterocycles. The summed E-state index contributed by atoms with van der Waals surface area (Å²) in [5.74, 6) is 0.833. The van der Waals surface area contributed by atoms with Gasteiger partial charge in [-0.1, -0.05) is 53.0 Å². The number of benzene rings is 2. The fraction of sp³-hybridized carbons (Fsp3) is 0.409. The van der Waals surface area contributed by atoms with Gasteiger partial charge in [-0.15, -0.1) is 0 Å². The number of likely N-dealkylation sites (tertiary alicyclic amines) is 1. The Bertz CT molecular complexity index is 912. The molecule has 31 heavy (non-hydrogen) atoms. The van der Waals surface area contributed by atoms with Gasteiger partial charge in [0.05, 0.1) is 0 Å². The van der Waals surface area contributed by atoms with Crippen molar-refractivity contribution in [3.8, 4) is 0 Å². The summed E-state index contributed by atoms with van der Waals surface area (Å²) in [7, 11) is 0. The van der Waals surface area contributed by atoms with Crippen LogP contribution >= 0.6 is 34.8 Å². The van der Waals surface area contributed by atoms with E-state index in [-0.39, 0.29) is 6.29 Å². The normalized spacial score (nSPS) is 19.6. The van der Waals surface area contributed by atoms with Crippen molar-refractivity contribution in [1.82, 2.24) is 20.7 Å². The summed E-state index contributed by atoms with van der Waals surface area (Å²) < 4.78 is 0. The molecule has 4 rings (SSSR count). The van der Waals surface area contributed by atoms with Crippen LogP contribution in [0.3, 0.4) is 0 Å². The maximum atomic E-state index is 6.49. The molecule has 166 valence electrons. The summed E-state index contributed by atoms with van der Waals surface area (Å²) in [6.45, 7) is 3.59. The van der Waals surface area contributed by atoms with Gasteiger partial charge < -0.3 is 4.90 Å². The van der Waals surface area contributed by atoms with E-state index in [4.69, 9.17) is 40.5 Å². The van der Waals surface area contributed by atoms with Gasteiger partial charge in [-0.05, 0) is 54.7 Å². The number of hydrogen-bond acceptors (Lipinski definition) is 6. The smallest absolute Gasteiger partial charge is 0.211 e. The van der Waals surface area contributed by atoms with Crippen LogP contribution in [0.5, 0.6) is 0 Å². The Hall–Kier alpha value is -1.54. The molecular formula is C22H27Cl3N6. The highest BCUT2D eigenvalue weighted by Gasteiger charge is 2.28. The molecule has 2 aliphatic rings. The lowest BCUT2D eigenvalue weighted by Gasteiger charge is -2.39. The standard InChI is InChI=1S/C22H27Cl3N6/c23-17-4-1-15(2-5-17)7-10-31(14-16-3-6-18(24)13-20(16)25)19-8-11-30(12-9-19)22-27-21(26)28-29-22/h1-6,13,19,21,28H,7-12,14,26H2,(H,27,29). The maximum Gasteiger partial charge on any atom is 0.211 e. The highest BCUT2D eigenvalue weighted by atomic mass is 35.5. The van der Waals surface area contributed by atoms with Crippen molar-refractivity contribution in [2.75, 3.05) is 19.6 Å². The number of aliphatic imine (C=N–C) groups is 1. The van der Waals surface area contributed by atoms with Crippen LogP contribution in [0.15, 0.2) is 47.5 Å². The Morgan fingerprint density at radius 1 is 1.03 bits per heavy atom. The first-order chi connectivity index (χ1) is 15.0. The monoisotopic (exact) mass is 480 g/mol. The van der Waals surface area contributed by atoms with Crippen molar-refractivity contribution in [3.63, 3.8) is 0 Å². The lowest BCUT2D eigenvalue weighted by Crippen LogP contribution is -2.51. The number of piperidine rings is 1. The molecule has 1 saturated heterocycles. The summed E-state index contributed by atoms with van der Waals surface area (Å²) >= 11 is 18.6. The van der Waals surface area contributed by atoms with Crippen molar-refractivity contribution in [2.45, 2.75) is 38.1 Å². The summed E-state index contributed by atoms with van der Waals surface area (Å²) in [4.78, 5) is 9.19. The summed E-state index contributed by atoms with van der Waals surface area (Å²) in [6.07, 6.45) is 2.66. The Labute approximate surface area is 198 Å². The zero-order valence-corrected chi connectivity index (χ0v) is 19.5. The zero-order chi connectivity index (χ0) is 21.8. The molecule has 0 aromatic heterocycles. The predicted octanol–water partition coefficient (Wildman–Crippen LogP) is 3.86. The van der Waals surface area contributed by atoms with Crippen molar-refractivity contribution in [2.24, 2.45) is 10.7 Å². The van der Waals surface area contributed by atoms with E-state index in [2.05, 4.69) is 37.8 Å². The van der Waals surface area contributed by atoms with Crippen LogP contribution < -0.4 is 16.6 Å². The van der Waals surface area contributed by atoms with Gasteiger partial charge in [0.25, 0.3) is 0 Å². The maximum absolute atomic E-state index is 6.49. The van der Waals surface area contributed by atoms with Crippen LogP contribution in [0.4, 0.5) is 0 Å². The van der Waals surface area contributed by atoms with Gasteiger partial charge in [0.2, 0.25) is 5.96 Å². The second-order valence-corrected chi connectivity index (χ2v) is 9.25.